The molecule has 0 bridgehead atoms. The van der Waals surface area contributed by atoms with E-state index in [0.717, 1.165) is 5.69 Å². The number of hydrazine groups is 1. The van der Waals surface area contributed by atoms with E-state index in [-0.39, 0.29) is 5.82 Å². The highest BCUT2D eigenvalue weighted by atomic mass is 16.6. The van der Waals surface area contributed by atoms with Gasteiger partial charge < -0.3 is 20.1 Å². The average Bonchev–Trinajstić information content (AvgIpc) is 2.78. The quantitative estimate of drug-likeness (QED) is 0.453. The molecule has 0 saturated heterocycles. The van der Waals surface area contributed by atoms with Crippen LogP contribution in [0.1, 0.15) is 5.69 Å². The van der Waals surface area contributed by atoms with Crippen molar-refractivity contribution in [1.82, 2.24) is 14.5 Å². The van der Waals surface area contributed by atoms with Gasteiger partial charge in [0.25, 0.3) is 0 Å². The Bertz CT molecular complexity index is 538. The van der Waals surface area contributed by atoms with Gasteiger partial charge in [-0.15, -0.1) is 0 Å². The number of pyridine rings is 1. The smallest absolute Gasteiger partial charge is 0.358 e. The first-order valence-electron chi connectivity index (χ1n) is 4.78. The summed E-state index contributed by atoms with van der Waals surface area (Å²) in [5, 5.41) is 10.5. The number of nitrogen functional groups attached to an aromatic ring is 1. The van der Waals surface area contributed by atoms with E-state index in [0.29, 0.717) is 12.4 Å². The zero-order valence-corrected chi connectivity index (χ0v) is 8.78. The van der Waals surface area contributed by atoms with Crippen molar-refractivity contribution in [2.45, 2.75) is 6.54 Å². The number of rotatable bonds is 4. The van der Waals surface area contributed by atoms with Crippen LogP contribution in [0.3, 0.4) is 0 Å². The molecule has 0 fully saturated rings. The SMILES string of the molecule is NNc1cccc(Cn2cnc([N+](=O)[O-])c2)n1. The van der Waals surface area contributed by atoms with Crippen LogP contribution in [-0.2, 0) is 6.54 Å². The topological polar surface area (TPSA) is 112 Å². The normalized spacial score (nSPS) is 10.2. The van der Waals surface area contributed by atoms with Gasteiger partial charge in [-0.05, 0) is 22.0 Å². The molecule has 0 spiro atoms. The van der Waals surface area contributed by atoms with E-state index >= 15 is 0 Å². The molecule has 8 nitrogen and oxygen atoms in total. The lowest BCUT2D eigenvalue weighted by Crippen LogP contribution is -2.10. The number of nitrogens with two attached hydrogens (primary N) is 1. The van der Waals surface area contributed by atoms with Crippen LogP contribution in [0, 0.1) is 10.1 Å². The van der Waals surface area contributed by atoms with Crippen LogP contribution in [0.5, 0.6) is 0 Å². The predicted octanol–water partition coefficient (Wildman–Crippen LogP) is 0.520. The summed E-state index contributed by atoms with van der Waals surface area (Å²) in [6.07, 6.45) is 2.74. The van der Waals surface area contributed by atoms with E-state index in [1.54, 1.807) is 22.8 Å². The van der Waals surface area contributed by atoms with Gasteiger partial charge in [0.05, 0.1) is 12.2 Å². The second-order valence-electron chi connectivity index (χ2n) is 3.32. The van der Waals surface area contributed by atoms with Crippen LogP contribution in [0.4, 0.5) is 11.6 Å². The maximum atomic E-state index is 10.5. The number of hydrogen-bond acceptors (Lipinski definition) is 6. The average molecular weight is 234 g/mol. The van der Waals surface area contributed by atoms with E-state index in [1.165, 1.54) is 12.5 Å². The second-order valence-corrected chi connectivity index (χ2v) is 3.32. The van der Waals surface area contributed by atoms with Crippen molar-refractivity contribution in [3.05, 3.63) is 46.5 Å². The molecule has 0 saturated carbocycles. The molecule has 0 aromatic carbocycles. The molecule has 0 radical (unpaired) electrons. The van der Waals surface area contributed by atoms with Gasteiger partial charge in [-0.25, -0.2) is 10.8 Å². The largest absolute Gasteiger partial charge is 0.381 e. The number of nitrogens with one attached hydrogen (secondary N) is 1. The Morgan fingerprint density at radius 1 is 1.53 bits per heavy atom. The minimum atomic E-state index is -0.540. The summed E-state index contributed by atoms with van der Waals surface area (Å²) in [7, 11) is 0. The molecule has 0 unspecified atom stereocenters. The lowest BCUT2D eigenvalue weighted by atomic mass is 10.3. The van der Waals surface area contributed by atoms with Crippen molar-refractivity contribution in [3.8, 4) is 0 Å². The number of aromatic nitrogens is 3. The summed E-state index contributed by atoms with van der Waals surface area (Å²) in [4.78, 5) is 17.8. The minimum Gasteiger partial charge on any atom is -0.358 e. The summed E-state index contributed by atoms with van der Waals surface area (Å²) in [5.74, 6) is 5.59. The van der Waals surface area contributed by atoms with Crippen molar-refractivity contribution in [3.63, 3.8) is 0 Å². The van der Waals surface area contributed by atoms with Crippen molar-refractivity contribution in [2.24, 2.45) is 5.84 Å². The molecule has 0 aliphatic rings. The predicted molar refractivity (Wildman–Crippen MR) is 60.0 cm³/mol. The summed E-state index contributed by atoms with van der Waals surface area (Å²) in [6.45, 7) is 0.399. The van der Waals surface area contributed by atoms with Gasteiger partial charge >= 0.3 is 5.82 Å². The van der Waals surface area contributed by atoms with E-state index in [1.807, 2.05) is 0 Å². The molecule has 2 aromatic rings. The van der Waals surface area contributed by atoms with E-state index < -0.39 is 4.92 Å². The van der Waals surface area contributed by atoms with Gasteiger partial charge in [-0.2, -0.15) is 0 Å². The Kier molecular flexibility index (Phi) is 2.97. The molecular formula is C9H10N6O2. The third-order valence-electron chi connectivity index (χ3n) is 2.11. The van der Waals surface area contributed by atoms with E-state index in [2.05, 4.69) is 15.4 Å². The van der Waals surface area contributed by atoms with Crippen LogP contribution in [0.25, 0.3) is 0 Å². The Balaban J connectivity index is 2.16. The summed E-state index contributed by atoms with van der Waals surface area (Å²) >= 11 is 0. The highest BCUT2D eigenvalue weighted by Gasteiger charge is 2.10. The number of hydrogen-bond donors (Lipinski definition) is 2. The Morgan fingerprint density at radius 3 is 3.00 bits per heavy atom. The molecule has 2 heterocycles. The summed E-state index contributed by atoms with van der Waals surface area (Å²) < 4.78 is 1.58. The molecule has 0 aliphatic heterocycles. The number of imidazole rings is 1. The molecule has 0 aliphatic carbocycles. The highest BCUT2D eigenvalue weighted by Crippen LogP contribution is 2.09. The highest BCUT2D eigenvalue weighted by molar-refractivity contribution is 5.33. The Hall–Kier alpha value is -2.48. The monoisotopic (exact) mass is 234 g/mol. The third-order valence-corrected chi connectivity index (χ3v) is 2.11. The molecule has 17 heavy (non-hydrogen) atoms. The molecule has 0 amide bonds. The van der Waals surface area contributed by atoms with Gasteiger partial charge in [-0.3, -0.25) is 0 Å². The maximum Gasteiger partial charge on any atom is 0.381 e. The molecular weight excluding hydrogens is 224 g/mol. The van der Waals surface area contributed by atoms with Gasteiger partial charge in [-0.1, -0.05) is 6.07 Å². The van der Waals surface area contributed by atoms with Gasteiger partial charge in [0.2, 0.25) is 6.33 Å². The van der Waals surface area contributed by atoms with Crippen molar-refractivity contribution in [2.75, 3.05) is 5.43 Å². The number of anilines is 1. The van der Waals surface area contributed by atoms with Crippen molar-refractivity contribution in [1.29, 1.82) is 0 Å². The molecule has 8 heteroatoms. The standard InChI is InChI=1S/C9H10N6O2/c10-13-8-3-1-2-7(12-8)4-14-5-9(11-6-14)15(16)17/h1-3,5-6H,4,10H2,(H,12,13). The molecule has 2 rings (SSSR count). The molecule has 0 atom stereocenters. The number of nitrogens with zero attached hydrogens (tertiary/aromatic N) is 4. The van der Waals surface area contributed by atoms with Crippen LogP contribution in [-0.4, -0.2) is 19.5 Å². The zero-order valence-electron chi connectivity index (χ0n) is 8.78. The first-order chi connectivity index (χ1) is 8.19. The fourth-order valence-corrected chi connectivity index (χ4v) is 1.36. The van der Waals surface area contributed by atoms with Crippen LogP contribution >= 0.6 is 0 Å². The Labute approximate surface area is 96.2 Å². The van der Waals surface area contributed by atoms with Crippen LogP contribution in [0.2, 0.25) is 0 Å². The van der Waals surface area contributed by atoms with Crippen molar-refractivity contribution >= 4 is 11.6 Å². The van der Waals surface area contributed by atoms with Gasteiger partial charge in [0.15, 0.2) is 0 Å². The van der Waals surface area contributed by atoms with Gasteiger partial charge in [0.1, 0.15) is 12.0 Å². The van der Waals surface area contributed by atoms with E-state index in [9.17, 15) is 10.1 Å². The fraction of sp³-hybridized carbons (Fsp3) is 0.111. The minimum absolute atomic E-state index is 0.182. The number of nitro groups is 1. The second kappa shape index (κ2) is 4.58. The van der Waals surface area contributed by atoms with Crippen molar-refractivity contribution < 1.29 is 4.92 Å². The first-order valence-corrected chi connectivity index (χ1v) is 4.78. The van der Waals surface area contributed by atoms with Crippen LogP contribution < -0.4 is 11.3 Å². The lowest BCUT2D eigenvalue weighted by molar-refractivity contribution is -0.389. The maximum absolute atomic E-state index is 10.5. The van der Waals surface area contributed by atoms with E-state index in [4.69, 9.17) is 5.84 Å². The lowest BCUT2D eigenvalue weighted by Gasteiger charge is -2.03. The fourth-order valence-electron chi connectivity index (χ4n) is 1.36. The summed E-state index contributed by atoms with van der Waals surface area (Å²) in [5.41, 5.74) is 3.16. The Morgan fingerprint density at radius 2 is 2.35 bits per heavy atom. The molecule has 3 N–H and O–H groups in total. The molecule has 2 aromatic heterocycles. The third kappa shape index (κ3) is 2.55. The first kappa shape index (κ1) is 11.0. The van der Waals surface area contributed by atoms with Crippen LogP contribution in [0.15, 0.2) is 30.7 Å². The van der Waals surface area contributed by atoms with Gasteiger partial charge in [0, 0.05) is 0 Å². The molecule has 88 valence electrons. The summed E-state index contributed by atoms with van der Waals surface area (Å²) in [6, 6.07) is 5.31. The zero-order chi connectivity index (χ0) is 12.3.